The number of carboxylic acids is 2. The molecule has 0 radical (unpaired) electrons. The second-order valence-corrected chi connectivity index (χ2v) is 1.65. The summed E-state index contributed by atoms with van der Waals surface area (Å²) in [5.41, 5.74) is -2.89. The third-order valence-corrected chi connectivity index (χ3v) is 0.795. The molecule has 0 aromatic carbocycles. The van der Waals surface area contributed by atoms with Crippen molar-refractivity contribution in [2.45, 2.75) is 12.5 Å². The van der Waals surface area contributed by atoms with Crippen molar-refractivity contribution in [3.63, 3.8) is 0 Å². The summed E-state index contributed by atoms with van der Waals surface area (Å²) in [6.07, 6.45) is 0. The van der Waals surface area contributed by atoms with Gasteiger partial charge >= 0.3 is 0 Å². The highest BCUT2D eigenvalue weighted by atomic mass is 16.4. The Balaban J connectivity index is 4.38. The first-order valence-electron chi connectivity index (χ1n) is 2.04. The molecule has 5 heteroatoms. The predicted octanol–water partition coefficient (Wildman–Crippen LogP) is -3.76. The van der Waals surface area contributed by atoms with Crippen molar-refractivity contribution in [1.82, 2.24) is 0 Å². The molecule has 52 valence electrons. The quantitative estimate of drug-likeness (QED) is 0.389. The van der Waals surface area contributed by atoms with E-state index in [9.17, 15) is 19.8 Å². The number of aliphatic carboxylic acids is 2. The summed E-state index contributed by atoms with van der Waals surface area (Å²) >= 11 is 0. The molecule has 0 rings (SSSR count). The van der Waals surface area contributed by atoms with Crippen LogP contribution in [0.4, 0.5) is 0 Å². The van der Waals surface area contributed by atoms with Gasteiger partial charge in [-0.15, -0.1) is 0 Å². The number of rotatable bonds is 2. The summed E-state index contributed by atoms with van der Waals surface area (Å²) in [7, 11) is 0. The third-order valence-electron chi connectivity index (χ3n) is 0.795. The summed E-state index contributed by atoms with van der Waals surface area (Å²) in [6.45, 7) is 0.567. The van der Waals surface area contributed by atoms with Crippen molar-refractivity contribution in [3.8, 4) is 0 Å². The molecule has 0 fully saturated rings. The Kier molecular flexibility index (Phi) is 1.77. The molecule has 9 heavy (non-hydrogen) atoms. The van der Waals surface area contributed by atoms with Gasteiger partial charge in [0.1, 0.15) is 5.60 Å². The molecule has 0 saturated heterocycles. The van der Waals surface area contributed by atoms with Gasteiger partial charge in [-0.05, 0) is 6.92 Å². The van der Waals surface area contributed by atoms with Crippen molar-refractivity contribution in [1.29, 1.82) is 0 Å². The summed E-state index contributed by atoms with van der Waals surface area (Å²) in [5.74, 6) is -4.16. The smallest absolute Gasteiger partial charge is 0.140 e. The maximum Gasteiger partial charge on any atom is 0.140 e. The third kappa shape index (κ3) is 1.39. The van der Waals surface area contributed by atoms with Crippen LogP contribution in [0.3, 0.4) is 0 Å². The number of carbonyl (C=O) groups excluding carboxylic acids is 2. The van der Waals surface area contributed by atoms with Gasteiger partial charge in [-0.3, -0.25) is 0 Å². The minimum Gasteiger partial charge on any atom is -0.547 e. The fraction of sp³-hybridized carbons (Fsp3) is 0.500. The van der Waals surface area contributed by atoms with Crippen molar-refractivity contribution in [3.05, 3.63) is 0 Å². The van der Waals surface area contributed by atoms with Gasteiger partial charge < -0.3 is 24.9 Å². The van der Waals surface area contributed by atoms with Crippen LogP contribution >= 0.6 is 0 Å². The molecule has 0 aromatic rings. The topological polar surface area (TPSA) is 100 Å². The van der Waals surface area contributed by atoms with E-state index in [1.165, 1.54) is 0 Å². The van der Waals surface area contributed by atoms with Crippen LogP contribution in [0.15, 0.2) is 0 Å². The minimum atomic E-state index is -2.89. The molecular formula is C4H4O5-2. The number of carbonyl (C=O) groups is 2. The Morgan fingerprint density at radius 3 is 1.56 bits per heavy atom. The van der Waals surface area contributed by atoms with Crippen LogP contribution < -0.4 is 10.2 Å². The molecule has 1 N–H and O–H groups in total. The van der Waals surface area contributed by atoms with Gasteiger partial charge in [0.05, 0.1) is 11.9 Å². The normalized spacial score (nSPS) is 10.9. The molecule has 0 amide bonds. The highest BCUT2D eigenvalue weighted by Gasteiger charge is 2.22. The van der Waals surface area contributed by atoms with Crippen LogP contribution in [0.25, 0.3) is 0 Å². The maximum absolute atomic E-state index is 9.68. The highest BCUT2D eigenvalue weighted by Crippen LogP contribution is 1.97. The molecule has 0 aliphatic carbocycles. The molecule has 0 aliphatic heterocycles. The number of hydrogen-bond acceptors (Lipinski definition) is 5. The second kappa shape index (κ2) is 2.02. The van der Waals surface area contributed by atoms with Gasteiger partial charge in [-0.1, -0.05) is 0 Å². The first-order valence-corrected chi connectivity index (χ1v) is 2.04. The van der Waals surface area contributed by atoms with Gasteiger partial charge in [0, 0.05) is 0 Å². The van der Waals surface area contributed by atoms with Crippen LogP contribution in [0, 0.1) is 0 Å². The van der Waals surface area contributed by atoms with Gasteiger partial charge in [-0.2, -0.15) is 0 Å². The molecule has 0 bridgehead atoms. The molecule has 0 spiro atoms. The summed E-state index contributed by atoms with van der Waals surface area (Å²) in [5, 5.41) is 27.7. The predicted molar refractivity (Wildman–Crippen MR) is 20.6 cm³/mol. The Morgan fingerprint density at radius 2 is 1.56 bits per heavy atom. The lowest BCUT2D eigenvalue weighted by Gasteiger charge is -2.24. The molecular weight excluding hydrogens is 128 g/mol. The van der Waals surface area contributed by atoms with E-state index in [0.717, 1.165) is 0 Å². The standard InChI is InChI=1S/C4H6O5/c1-4(9,2(5)6)3(7)8/h9H,1H3,(H,5,6)(H,7,8)/p-2. The zero-order valence-corrected chi connectivity index (χ0v) is 4.58. The van der Waals surface area contributed by atoms with E-state index in [4.69, 9.17) is 5.11 Å². The fourth-order valence-corrected chi connectivity index (χ4v) is 0.0833. The zero-order valence-electron chi connectivity index (χ0n) is 4.58. The Morgan fingerprint density at radius 1 is 1.33 bits per heavy atom. The number of aliphatic hydroxyl groups is 1. The lowest BCUT2D eigenvalue weighted by Crippen LogP contribution is -2.57. The van der Waals surface area contributed by atoms with E-state index in [1.807, 2.05) is 0 Å². The second-order valence-electron chi connectivity index (χ2n) is 1.65. The highest BCUT2D eigenvalue weighted by molar-refractivity contribution is 5.98. The van der Waals surface area contributed by atoms with Crippen LogP contribution in [-0.4, -0.2) is 22.6 Å². The van der Waals surface area contributed by atoms with Gasteiger partial charge in [-0.25, -0.2) is 0 Å². The van der Waals surface area contributed by atoms with E-state index in [1.54, 1.807) is 0 Å². The van der Waals surface area contributed by atoms with E-state index in [0.29, 0.717) is 6.92 Å². The summed E-state index contributed by atoms with van der Waals surface area (Å²) < 4.78 is 0. The van der Waals surface area contributed by atoms with Crippen LogP contribution in [-0.2, 0) is 9.59 Å². The molecule has 0 aliphatic rings. The average molecular weight is 132 g/mol. The van der Waals surface area contributed by atoms with Gasteiger partial charge in [0.15, 0.2) is 0 Å². The monoisotopic (exact) mass is 132 g/mol. The minimum absolute atomic E-state index is 0.567. The molecule has 0 atom stereocenters. The number of carboxylic acid groups (broad SMARTS) is 2. The summed E-state index contributed by atoms with van der Waals surface area (Å²) in [6, 6.07) is 0. The van der Waals surface area contributed by atoms with Crippen molar-refractivity contribution < 1.29 is 24.9 Å². The first kappa shape index (κ1) is 7.90. The summed E-state index contributed by atoms with van der Waals surface area (Å²) in [4.78, 5) is 19.4. The van der Waals surface area contributed by atoms with Crippen LogP contribution in [0.2, 0.25) is 0 Å². The molecule has 0 saturated carbocycles. The van der Waals surface area contributed by atoms with Crippen LogP contribution in [0.5, 0.6) is 0 Å². The lowest BCUT2D eigenvalue weighted by atomic mass is 10.1. The van der Waals surface area contributed by atoms with Gasteiger partial charge in [0.25, 0.3) is 0 Å². The maximum atomic E-state index is 9.68. The van der Waals surface area contributed by atoms with E-state index in [-0.39, 0.29) is 0 Å². The van der Waals surface area contributed by atoms with Crippen molar-refractivity contribution in [2.24, 2.45) is 0 Å². The van der Waals surface area contributed by atoms with E-state index < -0.39 is 17.5 Å². The Bertz CT molecular complexity index is 131. The zero-order chi connectivity index (χ0) is 7.65. The van der Waals surface area contributed by atoms with Crippen molar-refractivity contribution in [2.75, 3.05) is 0 Å². The fourth-order valence-electron chi connectivity index (χ4n) is 0.0833. The SMILES string of the molecule is CC(O)(C(=O)[O-])C(=O)[O-]. The van der Waals surface area contributed by atoms with E-state index >= 15 is 0 Å². The average Bonchev–Trinajstić information content (AvgIpc) is 1.65. The largest absolute Gasteiger partial charge is 0.547 e. The van der Waals surface area contributed by atoms with Crippen LogP contribution in [0.1, 0.15) is 6.92 Å². The molecule has 0 unspecified atom stereocenters. The first-order chi connectivity index (χ1) is 3.89. The molecule has 0 heterocycles. The van der Waals surface area contributed by atoms with Gasteiger partial charge in [0.2, 0.25) is 0 Å². The molecule has 0 aromatic heterocycles. The Labute approximate surface area is 50.5 Å². The Hall–Kier alpha value is -1.10. The van der Waals surface area contributed by atoms with Crippen molar-refractivity contribution >= 4 is 11.9 Å². The number of hydrogen-bond donors (Lipinski definition) is 1. The molecule has 5 nitrogen and oxygen atoms in total. The lowest BCUT2D eigenvalue weighted by molar-refractivity contribution is -0.348. The van der Waals surface area contributed by atoms with E-state index in [2.05, 4.69) is 0 Å².